The zero-order chi connectivity index (χ0) is 22.7. The molecule has 0 atom stereocenters. The average molecular weight is 456 g/mol. The Balaban J connectivity index is 1.25. The minimum Gasteiger partial charge on any atom is -0.483 e. The van der Waals surface area contributed by atoms with Crippen LogP contribution in [-0.2, 0) is 9.53 Å². The van der Waals surface area contributed by atoms with Crippen LogP contribution in [0, 0.1) is 17.8 Å². The van der Waals surface area contributed by atoms with Gasteiger partial charge in [-0.3, -0.25) is 4.79 Å². The van der Waals surface area contributed by atoms with Gasteiger partial charge in [-0.15, -0.1) is 0 Å². The van der Waals surface area contributed by atoms with Gasteiger partial charge in [-0.1, -0.05) is 6.07 Å². The Labute approximate surface area is 183 Å². The lowest BCUT2D eigenvalue weighted by atomic mass is 9.74. The number of carbonyl (C=O) groups excluding carboxylic acids is 1. The lowest BCUT2D eigenvalue weighted by Crippen LogP contribution is -2.43. The number of hydrogen-bond acceptors (Lipinski definition) is 7. The third-order valence-electron chi connectivity index (χ3n) is 6.27. The van der Waals surface area contributed by atoms with Crippen molar-refractivity contribution in [3.63, 3.8) is 0 Å². The lowest BCUT2D eigenvalue weighted by Gasteiger charge is -2.39. The van der Waals surface area contributed by atoms with Crippen LogP contribution in [0.5, 0.6) is 11.6 Å². The minimum atomic E-state index is -4.44. The first kappa shape index (κ1) is 22.7. The topological polar surface area (TPSA) is 74.0 Å². The SMILES string of the molecule is COC(=O)C1CC(CN2CCC(COc3noc4cccc(OCC(F)(F)F)c34)CC2)C1. The molecular weight excluding hydrogens is 429 g/mol. The summed E-state index contributed by atoms with van der Waals surface area (Å²) in [7, 11) is 1.43. The molecule has 10 heteroatoms. The van der Waals surface area contributed by atoms with E-state index in [1.807, 2.05) is 0 Å². The van der Waals surface area contributed by atoms with Gasteiger partial charge in [0.25, 0.3) is 5.88 Å². The van der Waals surface area contributed by atoms with Crippen molar-refractivity contribution < 1.29 is 36.7 Å². The molecule has 7 nitrogen and oxygen atoms in total. The van der Waals surface area contributed by atoms with E-state index in [0.29, 0.717) is 29.4 Å². The number of halogens is 3. The number of carbonyl (C=O) groups is 1. The minimum absolute atomic E-state index is 0.0386. The third-order valence-corrected chi connectivity index (χ3v) is 6.27. The van der Waals surface area contributed by atoms with Gasteiger partial charge in [0.05, 0.1) is 19.6 Å². The van der Waals surface area contributed by atoms with Crippen LogP contribution in [-0.4, -0.2) is 62.2 Å². The average Bonchev–Trinajstić information content (AvgIpc) is 3.16. The Morgan fingerprint density at radius 3 is 2.62 bits per heavy atom. The number of likely N-dealkylation sites (tertiary alicyclic amines) is 1. The molecule has 32 heavy (non-hydrogen) atoms. The van der Waals surface area contributed by atoms with Crippen LogP contribution in [0.4, 0.5) is 13.2 Å². The second kappa shape index (κ2) is 9.56. The number of alkyl halides is 3. The number of fused-ring (bicyclic) bond motifs is 1. The Morgan fingerprint density at radius 2 is 1.94 bits per heavy atom. The first-order valence-electron chi connectivity index (χ1n) is 10.8. The molecule has 0 radical (unpaired) electrons. The fourth-order valence-corrected chi connectivity index (χ4v) is 4.45. The molecule has 2 aliphatic rings. The molecule has 2 aromatic rings. The summed E-state index contributed by atoms with van der Waals surface area (Å²) in [5.41, 5.74) is 0.320. The van der Waals surface area contributed by atoms with Crippen LogP contribution in [0.3, 0.4) is 0 Å². The van der Waals surface area contributed by atoms with Crippen LogP contribution in [0.25, 0.3) is 11.0 Å². The van der Waals surface area contributed by atoms with Gasteiger partial charge in [0.15, 0.2) is 12.2 Å². The molecule has 1 aliphatic carbocycles. The lowest BCUT2D eigenvalue weighted by molar-refractivity contribution is -0.153. The summed E-state index contributed by atoms with van der Waals surface area (Å²) in [6, 6.07) is 4.61. The third kappa shape index (κ3) is 5.46. The number of methoxy groups -OCH3 is 1. The van der Waals surface area contributed by atoms with Crippen molar-refractivity contribution in [1.29, 1.82) is 0 Å². The van der Waals surface area contributed by atoms with E-state index in [0.717, 1.165) is 45.3 Å². The highest BCUT2D eigenvalue weighted by Crippen LogP contribution is 2.37. The second-order valence-corrected chi connectivity index (χ2v) is 8.63. The van der Waals surface area contributed by atoms with Crippen molar-refractivity contribution in [2.45, 2.75) is 31.9 Å². The molecule has 1 saturated carbocycles. The molecule has 176 valence electrons. The van der Waals surface area contributed by atoms with Gasteiger partial charge < -0.3 is 23.6 Å². The number of piperidine rings is 1. The van der Waals surface area contributed by atoms with Crippen LogP contribution >= 0.6 is 0 Å². The molecule has 0 bridgehead atoms. The van der Waals surface area contributed by atoms with E-state index in [-0.39, 0.29) is 23.5 Å². The summed E-state index contributed by atoms with van der Waals surface area (Å²) in [5.74, 6) is 1.01. The van der Waals surface area contributed by atoms with Gasteiger partial charge in [-0.2, -0.15) is 13.2 Å². The second-order valence-electron chi connectivity index (χ2n) is 8.63. The highest BCUT2D eigenvalue weighted by molar-refractivity contribution is 5.88. The first-order chi connectivity index (χ1) is 15.3. The summed E-state index contributed by atoms with van der Waals surface area (Å²) in [4.78, 5) is 13.9. The normalized spacial score (nSPS) is 22.5. The van der Waals surface area contributed by atoms with Crippen molar-refractivity contribution in [3.05, 3.63) is 18.2 Å². The van der Waals surface area contributed by atoms with E-state index in [4.69, 9.17) is 18.7 Å². The number of hydrogen-bond donors (Lipinski definition) is 0. The van der Waals surface area contributed by atoms with Crippen LogP contribution in [0.2, 0.25) is 0 Å². The van der Waals surface area contributed by atoms with Gasteiger partial charge in [0.2, 0.25) is 0 Å². The number of rotatable bonds is 8. The zero-order valence-electron chi connectivity index (χ0n) is 17.9. The fourth-order valence-electron chi connectivity index (χ4n) is 4.45. The number of aromatic nitrogens is 1. The Kier molecular flexibility index (Phi) is 6.78. The van der Waals surface area contributed by atoms with E-state index in [1.54, 1.807) is 12.1 Å². The summed E-state index contributed by atoms with van der Waals surface area (Å²) >= 11 is 0. The maximum Gasteiger partial charge on any atom is 0.422 e. The molecule has 1 aromatic carbocycles. The van der Waals surface area contributed by atoms with E-state index in [9.17, 15) is 18.0 Å². The van der Waals surface area contributed by atoms with E-state index in [1.165, 1.54) is 13.2 Å². The van der Waals surface area contributed by atoms with Crippen LogP contribution in [0.1, 0.15) is 25.7 Å². The van der Waals surface area contributed by atoms with Crippen molar-refractivity contribution in [1.82, 2.24) is 10.1 Å². The highest BCUT2D eigenvalue weighted by Gasteiger charge is 2.36. The number of ether oxygens (including phenoxy) is 3. The molecule has 2 heterocycles. The first-order valence-corrected chi connectivity index (χ1v) is 10.8. The van der Waals surface area contributed by atoms with E-state index < -0.39 is 12.8 Å². The van der Waals surface area contributed by atoms with Crippen LogP contribution < -0.4 is 9.47 Å². The van der Waals surface area contributed by atoms with E-state index in [2.05, 4.69) is 10.1 Å². The molecule has 1 aromatic heterocycles. The maximum atomic E-state index is 12.5. The summed E-state index contributed by atoms with van der Waals surface area (Å²) < 4.78 is 58.4. The molecule has 1 saturated heterocycles. The van der Waals surface area contributed by atoms with Crippen molar-refractivity contribution in [2.75, 3.05) is 40.0 Å². The molecule has 0 spiro atoms. The van der Waals surface area contributed by atoms with Crippen LogP contribution in [0.15, 0.2) is 22.7 Å². The van der Waals surface area contributed by atoms with E-state index >= 15 is 0 Å². The van der Waals surface area contributed by atoms with Gasteiger partial charge >= 0.3 is 12.1 Å². The molecular formula is C22H27F3N2O5. The summed E-state index contributed by atoms with van der Waals surface area (Å²) in [6.07, 6.45) is -0.726. The largest absolute Gasteiger partial charge is 0.483 e. The quantitative estimate of drug-likeness (QED) is 0.555. The number of esters is 1. The van der Waals surface area contributed by atoms with Crippen molar-refractivity contribution in [2.24, 2.45) is 17.8 Å². The summed E-state index contributed by atoms with van der Waals surface area (Å²) in [5, 5.41) is 4.20. The predicted molar refractivity (Wildman–Crippen MR) is 108 cm³/mol. The van der Waals surface area contributed by atoms with Gasteiger partial charge in [-0.25, -0.2) is 0 Å². The molecule has 0 amide bonds. The Hall–Kier alpha value is -2.49. The van der Waals surface area contributed by atoms with Gasteiger partial charge in [-0.05, 0) is 67.9 Å². The molecule has 0 N–H and O–H groups in total. The highest BCUT2D eigenvalue weighted by atomic mass is 19.4. The Morgan fingerprint density at radius 1 is 1.19 bits per heavy atom. The monoisotopic (exact) mass is 456 g/mol. The standard InChI is InChI=1S/C22H27F3N2O5/c1-29-21(28)16-9-15(10-16)11-27-7-5-14(6-8-27)12-30-20-19-17(31-13-22(23,24)25)3-2-4-18(19)32-26-20/h2-4,14-16H,5-13H2,1H3. The number of nitrogens with zero attached hydrogens (tertiary/aromatic N) is 2. The molecule has 2 fully saturated rings. The molecule has 0 unspecified atom stereocenters. The smallest absolute Gasteiger partial charge is 0.422 e. The van der Waals surface area contributed by atoms with Crippen molar-refractivity contribution >= 4 is 16.9 Å². The van der Waals surface area contributed by atoms with Gasteiger partial charge in [0, 0.05) is 6.54 Å². The predicted octanol–water partition coefficient (Wildman–Crippen LogP) is 4.06. The summed E-state index contributed by atoms with van der Waals surface area (Å²) in [6.45, 7) is 1.92. The molecule has 1 aliphatic heterocycles. The molecule has 4 rings (SSSR count). The van der Waals surface area contributed by atoms with Gasteiger partial charge in [0.1, 0.15) is 11.1 Å². The number of benzene rings is 1. The Bertz CT molecular complexity index is 918. The zero-order valence-corrected chi connectivity index (χ0v) is 17.9. The maximum absolute atomic E-state index is 12.5. The fraction of sp³-hybridized carbons (Fsp3) is 0.636. The van der Waals surface area contributed by atoms with Crippen molar-refractivity contribution in [3.8, 4) is 11.6 Å².